The van der Waals surface area contributed by atoms with Gasteiger partial charge in [-0.1, -0.05) is 0 Å². The van der Waals surface area contributed by atoms with E-state index in [-0.39, 0.29) is 22.8 Å². The lowest BCUT2D eigenvalue weighted by molar-refractivity contribution is -0.184. The summed E-state index contributed by atoms with van der Waals surface area (Å²) < 4.78 is 36.8. The first-order valence-corrected chi connectivity index (χ1v) is 5.52. The van der Waals surface area contributed by atoms with E-state index >= 15 is 0 Å². The number of alkyl halides is 3. The van der Waals surface area contributed by atoms with E-state index in [1.54, 1.807) is 0 Å². The second-order valence-electron chi connectivity index (χ2n) is 4.14. The maximum absolute atomic E-state index is 12.3. The fourth-order valence-electron chi connectivity index (χ4n) is 1.58. The molecule has 0 aromatic carbocycles. The molecule has 2 aromatic heterocycles. The number of rotatable bonds is 2. The SMILES string of the molecule is CN(Cc1cnc2nc(N)[nH]c(=O)c2n1)C(=O)C(F)(F)F. The van der Waals surface area contributed by atoms with Crippen molar-refractivity contribution >= 4 is 23.0 Å². The standard InChI is InChI=1S/C10H9F3N6O2/c1-19(8(21)10(11,12)13)3-4-2-15-6-5(16-4)7(20)18-9(14)17-6/h2H,3H2,1H3,(H3,14,15,17,18,20). The number of nitrogen functional groups attached to an aromatic ring is 1. The van der Waals surface area contributed by atoms with E-state index in [1.165, 1.54) is 0 Å². The van der Waals surface area contributed by atoms with Crippen LogP contribution < -0.4 is 11.3 Å². The number of fused-ring (bicyclic) bond motifs is 1. The van der Waals surface area contributed by atoms with Crippen molar-refractivity contribution in [3.05, 3.63) is 22.2 Å². The number of H-pyrrole nitrogens is 1. The first-order chi connectivity index (χ1) is 9.68. The smallest absolute Gasteiger partial charge is 0.369 e. The summed E-state index contributed by atoms with van der Waals surface area (Å²) in [5, 5.41) is 0. The highest BCUT2D eigenvalue weighted by molar-refractivity contribution is 5.81. The van der Waals surface area contributed by atoms with Gasteiger partial charge in [-0.15, -0.1) is 0 Å². The van der Waals surface area contributed by atoms with Crippen molar-refractivity contribution in [3.8, 4) is 0 Å². The maximum atomic E-state index is 12.3. The third-order valence-electron chi connectivity index (χ3n) is 2.47. The summed E-state index contributed by atoms with van der Waals surface area (Å²) in [6, 6.07) is 0. The first kappa shape index (κ1) is 14.7. The van der Waals surface area contributed by atoms with E-state index in [0.29, 0.717) is 4.90 Å². The first-order valence-electron chi connectivity index (χ1n) is 5.52. The summed E-state index contributed by atoms with van der Waals surface area (Å²) in [6.45, 7) is -0.453. The molecule has 0 atom stereocenters. The van der Waals surface area contributed by atoms with Gasteiger partial charge in [-0.25, -0.2) is 9.97 Å². The number of carbonyl (C=O) groups excluding carboxylic acids is 1. The Hall–Kier alpha value is -2.72. The molecule has 0 bridgehead atoms. The molecule has 0 aliphatic rings. The zero-order chi connectivity index (χ0) is 15.8. The minimum atomic E-state index is -4.98. The van der Waals surface area contributed by atoms with Gasteiger partial charge in [0.2, 0.25) is 5.95 Å². The van der Waals surface area contributed by atoms with Crippen LogP contribution in [0.25, 0.3) is 11.2 Å². The summed E-state index contributed by atoms with van der Waals surface area (Å²) in [7, 11) is 0.965. The molecule has 2 rings (SSSR count). The molecule has 2 aromatic rings. The molecule has 0 aliphatic carbocycles. The fraction of sp³-hybridized carbons (Fsp3) is 0.300. The predicted octanol–water partition coefficient (Wildman–Crippen LogP) is -0.184. The summed E-state index contributed by atoms with van der Waals surface area (Å²) in [5.74, 6) is -2.17. The monoisotopic (exact) mass is 302 g/mol. The molecule has 11 heteroatoms. The van der Waals surface area contributed by atoms with Crippen LogP contribution in [0.3, 0.4) is 0 Å². The topological polar surface area (TPSA) is 118 Å². The molecule has 0 saturated carbocycles. The predicted molar refractivity (Wildman–Crippen MR) is 64.9 cm³/mol. The Morgan fingerprint density at radius 1 is 1.43 bits per heavy atom. The van der Waals surface area contributed by atoms with Gasteiger partial charge in [0.25, 0.3) is 5.56 Å². The van der Waals surface area contributed by atoms with Crippen LogP contribution >= 0.6 is 0 Å². The van der Waals surface area contributed by atoms with Crippen LogP contribution in [0.5, 0.6) is 0 Å². The van der Waals surface area contributed by atoms with Crippen molar-refractivity contribution in [2.45, 2.75) is 12.7 Å². The van der Waals surface area contributed by atoms with Crippen LogP contribution in [0.4, 0.5) is 19.1 Å². The number of nitrogens with two attached hydrogens (primary N) is 1. The van der Waals surface area contributed by atoms with Crippen molar-refractivity contribution in [1.82, 2.24) is 24.8 Å². The number of amides is 1. The molecule has 0 unspecified atom stereocenters. The van der Waals surface area contributed by atoms with Gasteiger partial charge in [0, 0.05) is 7.05 Å². The Balaban J connectivity index is 2.32. The fourth-order valence-corrected chi connectivity index (χ4v) is 1.58. The van der Waals surface area contributed by atoms with Gasteiger partial charge in [-0.3, -0.25) is 14.6 Å². The average Bonchev–Trinajstić information content (AvgIpc) is 2.37. The number of aromatic amines is 1. The Kier molecular flexibility index (Phi) is 3.49. The van der Waals surface area contributed by atoms with Gasteiger partial charge in [0.1, 0.15) is 0 Å². The third kappa shape index (κ3) is 3.07. The molecule has 8 nitrogen and oxygen atoms in total. The summed E-state index contributed by atoms with van der Waals surface area (Å²) in [5.41, 5.74) is 4.45. The van der Waals surface area contributed by atoms with E-state index in [0.717, 1.165) is 13.2 Å². The summed E-state index contributed by atoms with van der Waals surface area (Å²) in [6.07, 6.45) is -3.86. The molecular formula is C10H9F3N6O2. The van der Waals surface area contributed by atoms with Crippen LogP contribution in [0.1, 0.15) is 5.69 Å². The van der Waals surface area contributed by atoms with Gasteiger partial charge in [-0.2, -0.15) is 18.2 Å². The van der Waals surface area contributed by atoms with Crippen LogP contribution in [-0.4, -0.2) is 44.0 Å². The molecule has 3 N–H and O–H groups in total. The Bertz CT molecular complexity index is 757. The molecule has 0 radical (unpaired) electrons. The number of halogens is 3. The van der Waals surface area contributed by atoms with Crippen LogP contribution in [0, 0.1) is 0 Å². The van der Waals surface area contributed by atoms with E-state index in [9.17, 15) is 22.8 Å². The highest BCUT2D eigenvalue weighted by Crippen LogP contribution is 2.18. The molecule has 0 saturated heterocycles. The van der Waals surface area contributed by atoms with Gasteiger partial charge in [0.15, 0.2) is 11.2 Å². The molecule has 21 heavy (non-hydrogen) atoms. The van der Waals surface area contributed by atoms with Crippen LogP contribution in [0.2, 0.25) is 0 Å². The molecule has 2 heterocycles. The minimum Gasteiger partial charge on any atom is -0.369 e. The minimum absolute atomic E-state index is 0.0136. The molecule has 0 aliphatic heterocycles. The molecule has 0 fully saturated rings. The van der Waals surface area contributed by atoms with E-state index < -0.39 is 24.2 Å². The maximum Gasteiger partial charge on any atom is 0.471 e. The van der Waals surface area contributed by atoms with E-state index in [1.807, 2.05) is 0 Å². The zero-order valence-electron chi connectivity index (χ0n) is 10.6. The van der Waals surface area contributed by atoms with Crippen molar-refractivity contribution in [2.24, 2.45) is 0 Å². The van der Waals surface area contributed by atoms with Crippen molar-refractivity contribution in [1.29, 1.82) is 0 Å². The lowest BCUT2D eigenvalue weighted by Gasteiger charge is -2.17. The van der Waals surface area contributed by atoms with Gasteiger partial charge < -0.3 is 10.6 Å². The van der Waals surface area contributed by atoms with Crippen LogP contribution in [-0.2, 0) is 11.3 Å². The Labute approximate surface area is 114 Å². The quantitative estimate of drug-likeness (QED) is 0.794. The largest absolute Gasteiger partial charge is 0.471 e. The highest BCUT2D eigenvalue weighted by Gasteiger charge is 2.41. The normalized spacial score (nSPS) is 11.6. The van der Waals surface area contributed by atoms with E-state index in [4.69, 9.17) is 5.73 Å². The number of anilines is 1. The lowest BCUT2D eigenvalue weighted by Crippen LogP contribution is -2.38. The van der Waals surface area contributed by atoms with Crippen molar-refractivity contribution in [3.63, 3.8) is 0 Å². The van der Waals surface area contributed by atoms with Crippen LogP contribution in [0.15, 0.2) is 11.0 Å². The van der Waals surface area contributed by atoms with Crippen molar-refractivity contribution < 1.29 is 18.0 Å². The number of nitrogens with one attached hydrogen (secondary N) is 1. The summed E-state index contributed by atoms with van der Waals surface area (Å²) in [4.78, 5) is 36.5. The Morgan fingerprint density at radius 2 is 2.10 bits per heavy atom. The van der Waals surface area contributed by atoms with Gasteiger partial charge >= 0.3 is 12.1 Å². The van der Waals surface area contributed by atoms with Gasteiger partial charge in [0.05, 0.1) is 18.4 Å². The third-order valence-corrected chi connectivity index (χ3v) is 2.47. The average molecular weight is 302 g/mol. The second-order valence-corrected chi connectivity index (χ2v) is 4.14. The molecule has 0 spiro atoms. The lowest BCUT2D eigenvalue weighted by atomic mass is 10.3. The Morgan fingerprint density at radius 3 is 2.71 bits per heavy atom. The molecular weight excluding hydrogens is 293 g/mol. The van der Waals surface area contributed by atoms with E-state index in [2.05, 4.69) is 19.9 Å². The highest BCUT2D eigenvalue weighted by atomic mass is 19.4. The zero-order valence-corrected chi connectivity index (χ0v) is 10.6. The number of hydrogen-bond acceptors (Lipinski definition) is 6. The second kappa shape index (κ2) is 5.00. The number of aromatic nitrogens is 4. The number of carbonyl (C=O) groups is 1. The summed E-state index contributed by atoms with van der Waals surface area (Å²) >= 11 is 0. The van der Waals surface area contributed by atoms with Gasteiger partial charge in [-0.05, 0) is 0 Å². The molecule has 1 amide bonds. The molecule has 112 valence electrons. The number of nitrogens with zero attached hydrogens (tertiary/aromatic N) is 4. The number of hydrogen-bond donors (Lipinski definition) is 2. The van der Waals surface area contributed by atoms with Crippen molar-refractivity contribution in [2.75, 3.05) is 12.8 Å².